The highest BCUT2D eigenvalue weighted by Gasteiger charge is 2.41. The molecule has 0 heterocycles. The molecule has 0 saturated heterocycles. The third-order valence-corrected chi connectivity index (χ3v) is 3.95. The van der Waals surface area contributed by atoms with Crippen molar-refractivity contribution in [3.8, 4) is 0 Å². The van der Waals surface area contributed by atoms with Crippen LogP contribution in [-0.4, -0.2) is 20.1 Å². The standard InChI is InChI=1S/C16H20N2/c1-17-11-16(9-10-16)12-18-15-8-4-6-13-5-2-3-7-14(13)15/h2-8,17-18H,9-12H2,1H3. The highest BCUT2D eigenvalue weighted by Crippen LogP contribution is 2.45. The van der Waals surface area contributed by atoms with Crippen molar-refractivity contribution in [3.63, 3.8) is 0 Å². The van der Waals surface area contributed by atoms with Gasteiger partial charge in [-0.1, -0.05) is 36.4 Å². The van der Waals surface area contributed by atoms with Gasteiger partial charge in [0.15, 0.2) is 0 Å². The molecule has 2 N–H and O–H groups in total. The minimum atomic E-state index is 0.492. The Labute approximate surface area is 108 Å². The second-order valence-electron chi connectivity index (χ2n) is 5.41. The first-order valence-electron chi connectivity index (χ1n) is 6.69. The number of hydrogen-bond acceptors (Lipinski definition) is 2. The zero-order valence-electron chi connectivity index (χ0n) is 10.9. The Morgan fingerprint density at radius 1 is 1.00 bits per heavy atom. The first kappa shape index (κ1) is 11.5. The molecule has 0 aliphatic heterocycles. The lowest BCUT2D eigenvalue weighted by Crippen LogP contribution is -2.26. The van der Waals surface area contributed by atoms with E-state index in [4.69, 9.17) is 0 Å². The molecule has 0 amide bonds. The quantitative estimate of drug-likeness (QED) is 0.838. The van der Waals surface area contributed by atoms with E-state index in [1.165, 1.54) is 29.3 Å². The van der Waals surface area contributed by atoms with Crippen LogP contribution in [0.3, 0.4) is 0 Å². The molecule has 0 aromatic heterocycles. The number of anilines is 1. The van der Waals surface area contributed by atoms with E-state index in [9.17, 15) is 0 Å². The third kappa shape index (κ3) is 2.21. The number of fused-ring (bicyclic) bond motifs is 1. The van der Waals surface area contributed by atoms with Crippen molar-refractivity contribution in [2.24, 2.45) is 5.41 Å². The summed E-state index contributed by atoms with van der Waals surface area (Å²) in [6, 6.07) is 15.0. The summed E-state index contributed by atoms with van der Waals surface area (Å²) < 4.78 is 0. The van der Waals surface area contributed by atoms with E-state index in [1.54, 1.807) is 0 Å². The highest BCUT2D eigenvalue weighted by molar-refractivity contribution is 5.93. The van der Waals surface area contributed by atoms with Crippen LogP contribution in [0, 0.1) is 5.41 Å². The molecule has 2 aromatic rings. The summed E-state index contributed by atoms with van der Waals surface area (Å²) in [5.41, 5.74) is 1.75. The fourth-order valence-corrected chi connectivity index (χ4v) is 2.63. The van der Waals surface area contributed by atoms with E-state index in [2.05, 4.69) is 53.1 Å². The summed E-state index contributed by atoms with van der Waals surface area (Å²) in [5.74, 6) is 0. The van der Waals surface area contributed by atoms with Crippen LogP contribution in [0.2, 0.25) is 0 Å². The van der Waals surface area contributed by atoms with Gasteiger partial charge in [-0.05, 0) is 31.3 Å². The Morgan fingerprint density at radius 2 is 1.78 bits per heavy atom. The van der Waals surface area contributed by atoms with Crippen LogP contribution in [0.25, 0.3) is 10.8 Å². The van der Waals surface area contributed by atoms with Crippen LogP contribution >= 0.6 is 0 Å². The maximum absolute atomic E-state index is 3.64. The predicted molar refractivity (Wildman–Crippen MR) is 78.0 cm³/mol. The van der Waals surface area contributed by atoms with Gasteiger partial charge in [0.2, 0.25) is 0 Å². The van der Waals surface area contributed by atoms with Crippen LogP contribution in [0.15, 0.2) is 42.5 Å². The van der Waals surface area contributed by atoms with Crippen molar-refractivity contribution in [1.29, 1.82) is 0 Å². The summed E-state index contributed by atoms with van der Waals surface area (Å²) in [7, 11) is 2.04. The lowest BCUT2D eigenvalue weighted by molar-refractivity contribution is 0.507. The maximum atomic E-state index is 3.64. The minimum absolute atomic E-state index is 0.492. The molecule has 2 heteroatoms. The molecule has 0 radical (unpaired) electrons. The second-order valence-corrected chi connectivity index (χ2v) is 5.41. The second kappa shape index (κ2) is 4.62. The molecular formula is C16H20N2. The Balaban J connectivity index is 1.79. The first-order chi connectivity index (χ1) is 8.83. The lowest BCUT2D eigenvalue weighted by Gasteiger charge is -2.17. The maximum Gasteiger partial charge on any atom is 0.0420 e. The molecule has 18 heavy (non-hydrogen) atoms. The third-order valence-electron chi connectivity index (χ3n) is 3.95. The predicted octanol–water partition coefficient (Wildman–Crippen LogP) is 3.25. The average Bonchev–Trinajstić information content (AvgIpc) is 3.17. The molecule has 1 aliphatic rings. The number of rotatable bonds is 5. The Hall–Kier alpha value is -1.54. The molecule has 2 aromatic carbocycles. The van der Waals surface area contributed by atoms with Crippen LogP contribution < -0.4 is 10.6 Å². The number of benzene rings is 2. The van der Waals surface area contributed by atoms with E-state index in [1.807, 2.05) is 7.05 Å². The molecule has 0 unspecified atom stereocenters. The number of hydrogen-bond donors (Lipinski definition) is 2. The topological polar surface area (TPSA) is 24.1 Å². The SMILES string of the molecule is CNCC1(CNc2cccc3ccccc23)CC1. The van der Waals surface area contributed by atoms with E-state index in [-0.39, 0.29) is 0 Å². The van der Waals surface area contributed by atoms with E-state index in [0.717, 1.165) is 13.1 Å². The van der Waals surface area contributed by atoms with Gasteiger partial charge in [0.1, 0.15) is 0 Å². The summed E-state index contributed by atoms with van der Waals surface area (Å²) >= 11 is 0. The fraction of sp³-hybridized carbons (Fsp3) is 0.375. The van der Waals surface area contributed by atoms with Crippen LogP contribution in [0.4, 0.5) is 5.69 Å². The monoisotopic (exact) mass is 240 g/mol. The van der Waals surface area contributed by atoms with E-state index in [0.29, 0.717) is 5.41 Å². The minimum Gasteiger partial charge on any atom is -0.384 e. The van der Waals surface area contributed by atoms with Crippen molar-refractivity contribution in [3.05, 3.63) is 42.5 Å². The molecule has 2 nitrogen and oxygen atoms in total. The van der Waals surface area contributed by atoms with Gasteiger partial charge in [0.25, 0.3) is 0 Å². The average molecular weight is 240 g/mol. The zero-order chi connectivity index (χ0) is 12.4. The van der Waals surface area contributed by atoms with Gasteiger partial charge in [0, 0.05) is 29.6 Å². The Bertz CT molecular complexity index is 538. The van der Waals surface area contributed by atoms with Crippen molar-refractivity contribution in [2.75, 3.05) is 25.5 Å². The normalized spacial score (nSPS) is 16.7. The van der Waals surface area contributed by atoms with Gasteiger partial charge in [-0.15, -0.1) is 0 Å². The van der Waals surface area contributed by atoms with Crippen LogP contribution in [0.1, 0.15) is 12.8 Å². The van der Waals surface area contributed by atoms with Gasteiger partial charge >= 0.3 is 0 Å². The van der Waals surface area contributed by atoms with E-state index < -0.39 is 0 Å². The zero-order valence-corrected chi connectivity index (χ0v) is 10.9. The lowest BCUT2D eigenvalue weighted by atomic mass is 10.1. The van der Waals surface area contributed by atoms with Gasteiger partial charge in [0.05, 0.1) is 0 Å². The highest BCUT2D eigenvalue weighted by atomic mass is 14.9. The van der Waals surface area contributed by atoms with Crippen molar-refractivity contribution in [2.45, 2.75) is 12.8 Å². The fourth-order valence-electron chi connectivity index (χ4n) is 2.63. The smallest absolute Gasteiger partial charge is 0.0420 e. The van der Waals surface area contributed by atoms with Gasteiger partial charge in [-0.3, -0.25) is 0 Å². The van der Waals surface area contributed by atoms with Crippen LogP contribution in [-0.2, 0) is 0 Å². The summed E-state index contributed by atoms with van der Waals surface area (Å²) in [5, 5.41) is 9.57. The van der Waals surface area contributed by atoms with Crippen molar-refractivity contribution >= 4 is 16.5 Å². The Morgan fingerprint density at radius 3 is 2.56 bits per heavy atom. The molecule has 3 rings (SSSR count). The molecule has 1 aliphatic carbocycles. The summed E-state index contributed by atoms with van der Waals surface area (Å²) in [6.45, 7) is 2.19. The molecule has 94 valence electrons. The van der Waals surface area contributed by atoms with E-state index >= 15 is 0 Å². The molecular weight excluding hydrogens is 220 g/mol. The van der Waals surface area contributed by atoms with Crippen LogP contribution in [0.5, 0.6) is 0 Å². The molecule has 0 atom stereocenters. The van der Waals surface area contributed by atoms with Gasteiger partial charge < -0.3 is 10.6 Å². The van der Waals surface area contributed by atoms with Crippen molar-refractivity contribution < 1.29 is 0 Å². The summed E-state index contributed by atoms with van der Waals surface area (Å²) in [6.07, 6.45) is 2.68. The van der Waals surface area contributed by atoms with Gasteiger partial charge in [-0.25, -0.2) is 0 Å². The largest absolute Gasteiger partial charge is 0.384 e. The first-order valence-corrected chi connectivity index (χ1v) is 6.69. The molecule has 0 spiro atoms. The van der Waals surface area contributed by atoms with Crippen molar-refractivity contribution in [1.82, 2.24) is 5.32 Å². The van der Waals surface area contributed by atoms with Gasteiger partial charge in [-0.2, -0.15) is 0 Å². The molecule has 1 saturated carbocycles. The number of nitrogens with one attached hydrogen (secondary N) is 2. The summed E-state index contributed by atoms with van der Waals surface area (Å²) in [4.78, 5) is 0. The Kier molecular flexibility index (Phi) is 2.96. The molecule has 1 fully saturated rings. The molecule has 0 bridgehead atoms.